The van der Waals surface area contributed by atoms with E-state index in [1.807, 2.05) is 0 Å². The van der Waals surface area contributed by atoms with Crippen LogP contribution in [0.2, 0.25) is 0 Å². The molecule has 128 valence electrons. The van der Waals surface area contributed by atoms with E-state index < -0.39 is 21.7 Å². The third-order valence-electron chi connectivity index (χ3n) is 2.77. The fraction of sp³-hybridized carbons (Fsp3) is 0.214. The van der Waals surface area contributed by atoms with E-state index in [4.69, 9.17) is 4.74 Å². The maximum Gasteiger partial charge on any atom is 0.308 e. The highest BCUT2D eigenvalue weighted by Crippen LogP contribution is 2.31. The van der Waals surface area contributed by atoms with Crippen molar-refractivity contribution in [2.75, 3.05) is 11.6 Å². The highest BCUT2D eigenvalue weighted by molar-refractivity contribution is 9.10. The molecule has 1 heterocycles. The lowest BCUT2D eigenvalue weighted by molar-refractivity contribution is -0.131. The number of amides is 1. The molecule has 0 aliphatic heterocycles. The van der Waals surface area contributed by atoms with Gasteiger partial charge in [-0.1, -0.05) is 17.4 Å². The Hall–Kier alpha value is -1.78. The number of aryl methyl sites for hydroxylation is 1. The zero-order chi connectivity index (χ0) is 18.1. The van der Waals surface area contributed by atoms with E-state index in [1.54, 1.807) is 13.0 Å². The quantitative estimate of drug-likeness (QED) is 0.588. The maximum absolute atomic E-state index is 12.4. The summed E-state index contributed by atoms with van der Waals surface area (Å²) in [6, 6.07) is 4.63. The van der Waals surface area contributed by atoms with Crippen molar-refractivity contribution in [1.29, 1.82) is 0 Å². The fourth-order valence-corrected chi connectivity index (χ4v) is 4.51. The summed E-state index contributed by atoms with van der Waals surface area (Å²) < 4.78 is 28.7. The normalized spacial score (nSPS) is 11.2. The molecular formula is C14H13BrN2O5S2. The Balaban J connectivity index is 2.30. The highest BCUT2D eigenvalue weighted by atomic mass is 79.9. The zero-order valence-electron chi connectivity index (χ0n) is 12.9. The van der Waals surface area contributed by atoms with E-state index >= 15 is 0 Å². The predicted molar refractivity (Wildman–Crippen MR) is 93.4 cm³/mol. The molecule has 0 fully saturated rings. The third-order valence-corrected chi connectivity index (χ3v) is 6.59. The number of aromatic nitrogens is 1. The predicted octanol–water partition coefficient (Wildman–Crippen LogP) is 2.80. The zero-order valence-corrected chi connectivity index (χ0v) is 16.1. The van der Waals surface area contributed by atoms with Crippen LogP contribution in [0.3, 0.4) is 0 Å². The van der Waals surface area contributed by atoms with Gasteiger partial charge >= 0.3 is 5.97 Å². The molecular weight excluding hydrogens is 420 g/mol. The second-order valence-electron chi connectivity index (χ2n) is 4.83. The van der Waals surface area contributed by atoms with Crippen molar-refractivity contribution in [3.63, 3.8) is 0 Å². The van der Waals surface area contributed by atoms with Crippen LogP contribution in [0, 0.1) is 6.92 Å². The van der Waals surface area contributed by atoms with Gasteiger partial charge in [-0.05, 0) is 35.0 Å². The molecule has 0 spiro atoms. The number of thiazole rings is 1. The van der Waals surface area contributed by atoms with Crippen molar-refractivity contribution in [1.82, 2.24) is 4.98 Å². The molecule has 2 rings (SSSR count). The molecule has 0 saturated heterocycles. The SMILES string of the molecule is CC(=O)Oc1cccc(C(=O)Nc2nc(C)c(S(C)(=O)=O)s2)c1Br. The van der Waals surface area contributed by atoms with Crippen LogP contribution >= 0.6 is 27.3 Å². The Kier molecular flexibility index (Phi) is 5.41. The summed E-state index contributed by atoms with van der Waals surface area (Å²) in [5.41, 5.74) is 0.549. The maximum atomic E-state index is 12.4. The minimum absolute atomic E-state index is 0.102. The van der Waals surface area contributed by atoms with Crippen molar-refractivity contribution in [3.05, 3.63) is 33.9 Å². The number of carbonyl (C=O) groups excluding carboxylic acids is 2. The molecule has 2 aromatic rings. The van der Waals surface area contributed by atoms with Gasteiger partial charge in [0.15, 0.2) is 15.0 Å². The molecule has 1 amide bonds. The molecule has 1 aromatic heterocycles. The number of ether oxygens (including phenoxy) is 1. The van der Waals surface area contributed by atoms with Crippen molar-refractivity contribution < 1.29 is 22.7 Å². The summed E-state index contributed by atoms with van der Waals surface area (Å²) in [6.45, 7) is 2.81. The van der Waals surface area contributed by atoms with Crippen LogP contribution in [0.25, 0.3) is 0 Å². The molecule has 10 heteroatoms. The summed E-state index contributed by atoms with van der Waals surface area (Å²) in [4.78, 5) is 27.5. The van der Waals surface area contributed by atoms with Gasteiger partial charge in [0.1, 0.15) is 9.96 Å². The first-order valence-electron chi connectivity index (χ1n) is 6.55. The molecule has 0 atom stereocenters. The van der Waals surface area contributed by atoms with Gasteiger partial charge in [-0.2, -0.15) is 0 Å². The number of anilines is 1. The lowest BCUT2D eigenvalue weighted by Gasteiger charge is -2.08. The average molecular weight is 433 g/mol. The van der Waals surface area contributed by atoms with Crippen LogP contribution in [-0.2, 0) is 14.6 Å². The Labute approximate surface area is 151 Å². The van der Waals surface area contributed by atoms with Crippen LogP contribution in [0.4, 0.5) is 5.13 Å². The number of rotatable bonds is 4. The van der Waals surface area contributed by atoms with E-state index in [-0.39, 0.29) is 20.7 Å². The first-order chi connectivity index (χ1) is 11.1. The number of carbonyl (C=O) groups is 2. The van der Waals surface area contributed by atoms with Crippen LogP contribution in [0.5, 0.6) is 5.75 Å². The minimum atomic E-state index is -3.40. The van der Waals surface area contributed by atoms with Crippen LogP contribution in [-0.4, -0.2) is 31.5 Å². The number of benzene rings is 1. The van der Waals surface area contributed by atoms with Crippen molar-refractivity contribution in [2.24, 2.45) is 0 Å². The Bertz CT molecular complexity index is 921. The molecule has 1 aromatic carbocycles. The number of hydrogen-bond acceptors (Lipinski definition) is 7. The molecule has 1 N–H and O–H groups in total. The molecule has 0 radical (unpaired) electrons. The Morgan fingerprint density at radius 3 is 2.54 bits per heavy atom. The van der Waals surface area contributed by atoms with Crippen LogP contribution in [0.1, 0.15) is 23.0 Å². The molecule has 0 unspecified atom stereocenters. The van der Waals surface area contributed by atoms with Gasteiger partial charge in [-0.15, -0.1) is 0 Å². The summed E-state index contributed by atoms with van der Waals surface area (Å²) in [5, 5.41) is 2.72. The molecule has 0 aliphatic rings. The van der Waals surface area contributed by atoms with Crippen LogP contribution < -0.4 is 10.1 Å². The summed E-state index contributed by atoms with van der Waals surface area (Å²) >= 11 is 4.10. The van der Waals surface area contributed by atoms with Gasteiger partial charge in [0.25, 0.3) is 5.91 Å². The number of hydrogen-bond donors (Lipinski definition) is 1. The van der Waals surface area contributed by atoms with E-state index in [0.717, 1.165) is 17.6 Å². The minimum Gasteiger partial charge on any atom is -0.425 e. The van der Waals surface area contributed by atoms with Gasteiger partial charge < -0.3 is 4.74 Å². The van der Waals surface area contributed by atoms with Crippen molar-refractivity contribution in [3.8, 4) is 5.75 Å². The molecule has 24 heavy (non-hydrogen) atoms. The first-order valence-corrected chi connectivity index (χ1v) is 10.1. The van der Waals surface area contributed by atoms with Crippen LogP contribution in [0.15, 0.2) is 26.9 Å². The van der Waals surface area contributed by atoms with Crippen molar-refractivity contribution >= 4 is 54.1 Å². The monoisotopic (exact) mass is 432 g/mol. The number of halogens is 1. The Morgan fingerprint density at radius 2 is 2.00 bits per heavy atom. The average Bonchev–Trinajstić information content (AvgIpc) is 2.81. The number of sulfone groups is 1. The highest BCUT2D eigenvalue weighted by Gasteiger charge is 2.20. The summed E-state index contributed by atoms with van der Waals surface area (Å²) in [7, 11) is -3.40. The van der Waals surface area contributed by atoms with E-state index in [9.17, 15) is 18.0 Å². The fourth-order valence-electron chi connectivity index (χ4n) is 1.86. The van der Waals surface area contributed by atoms with Gasteiger partial charge in [0, 0.05) is 13.2 Å². The molecule has 0 bridgehead atoms. The second-order valence-corrected chi connectivity index (χ2v) is 8.83. The largest absolute Gasteiger partial charge is 0.425 e. The molecule has 0 aliphatic carbocycles. The standard InChI is InChI=1S/C14H13BrN2O5S2/c1-7-13(24(3,20)21)23-14(16-7)17-12(19)9-5-4-6-10(11(9)15)22-8(2)18/h4-6H,1-3H3,(H,16,17,19). The number of esters is 1. The first kappa shape index (κ1) is 18.6. The van der Waals surface area contributed by atoms with Gasteiger partial charge in [0.2, 0.25) is 0 Å². The molecule has 7 nitrogen and oxygen atoms in total. The number of nitrogens with zero attached hydrogens (tertiary/aromatic N) is 1. The summed E-state index contributed by atoms with van der Waals surface area (Å²) in [6.07, 6.45) is 1.08. The van der Waals surface area contributed by atoms with E-state index in [1.165, 1.54) is 19.1 Å². The smallest absolute Gasteiger partial charge is 0.308 e. The van der Waals surface area contributed by atoms with Gasteiger partial charge in [-0.3, -0.25) is 14.9 Å². The summed E-state index contributed by atoms with van der Waals surface area (Å²) in [5.74, 6) is -0.812. The lowest BCUT2D eigenvalue weighted by atomic mass is 10.2. The lowest BCUT2D eigenvalue weighted by Crippen LogP contribution is -2.13. The van der Waals surface area contributed by atoms with Gasteiger partial charge in [0.05, 0.1) is 15.7 Å². The van der Waals surface area contributed by atoms with Gasteiger partial charge in [-0.25, -0.2) is 13.4 Å². The van der Waals surface area contributed by atoms with E-state index in [2.05, 4.69) is 26.2 Å². The Morgan fingerprint density at radius 1 is 1.33 bits per heavy atom. The third kappa shape index (κ3) is 4.19. The topological polar surface area (TPSA) is 102 Å². The van der Waals surface area contributed by atoms with Crippen molar-refractivity contribution in [2.45, 2.75) is 18.1 Å². The van der Waals surface area contributed by atoms with E-state index in [0.29, 0.717) is 10.2 Å². The second kappa shape index (κ2) is 6.99. The number of nitrogens with one attached hydrogen (secondary N) is 1. The molecule has 0 saturated carbocycles.